The molecule has 38 heavy (non-hydrogen) atoms. The number of aromatic nitrogens is 2. The van der Waals surface area contributed by atoms with Crippen molar-refractivity contribution in [3.8, 4) is 22.8 Å². The minimum absolute atomic E-state index is 0.182. The Morgan fingerprint density at radius 1 is 1.05 bits per heavy atom. The van der Waals surface area contributed by atoms with Crippen LogP contribution in [0.3, 0.4) is 0 Å². The molecule has 5 rings (SSSR count). The van der Waals surface area contributed by atoms with Crippen LogP contribution < -0.4 is 20.1 Å². The first-order valence-electron chi connectivity index (χ1n) is 12.4. The molecule has 0 saturated heterocycles. The largest absolute Gasteiger partial charge is 0.481 e. The van der Waals surface area contributed by atoms with E-state index in [4.69, 9.17) is 14.5 Å². The molecule has 0 saturated carbocycles. The Balaban J connectivity index is 1.50. The molecule has 0 radical (unpaired) electrons. The third kappa shape index (κ3) is 5.27. The Kier molecular flexibility index (Phi) is 6.44. The zero-order chi connectivity index (χ0) is 27.0. The smallest absolute Gasteiger partial charge is 0.305 e. The highest BCUT2D eigenvalue weighted by Gasteiger charge is 2.24. The average molecular weight is 515 g/mol. The molecule has 1 unspecified atom stereocenters. The standard InChI is InChI=1S/C29H30N4O5/c1-17-5-7-18(8-6-17)21(15-25(34)35)30-28(36)20-11-12-33-24(14-20)31-26(27(33)32-29(2,3)4)19-9-10-22-23(13-19)38-16-37-22/h5-14,21,32H,15-16H2,1-4H3,(H,30,36)(H,34,35). The lowest BCUT2D eigenvalue weighted by atomic mass is 10.0. The van der Waals surface area contributed by atoms with Crippen LogP contribution in [0.25, 0.3) is 16.9 Å². The van der Waals surface area contributed by atoms with Crippen LogP contribution in [0, 0.1) is 6.92 Å². The second-order valence-electron chi connectivity index (χ2n) is 10.4. The number of nitrogens with one attached hydrogen (secondary N) is 2. The van der Waals surface area contributed by atoms with Crippen LogP contribution in [-0.4, -0.2) is 38.7 Å². The minimum Gasteiger partial charge on any atom is -0.481 e. The summed E-state index contributed by atoms with van der Waals surface area (Å²) in [6, 6.07) is 15.9. The van der Waals surface area contributed by atoms with E-state index >= 15 is 0 Å². The number of carbonyl (C=O) groups is 2. The summed E-state index contributed by atoms with van der Waals surface area (Å²) >= 11 is 0. The van der Waals surface area contributed by atoms with Gasteiger partial charge in [0.2, 0.25) is 6.79 Å². The molecule has 0 aliphatic carbocycles. The van der Waals surface area contributed by atoms with E-state index in [0.717, 1.165) is 22.5 Å². The molecule has 0 fully saturated rings. The van der Waals surface area contributed by atoms with Gasteiger partial charge < -0.3 is 25.2 Å². The SMILES string of the molecule is Cc1ccc(C(CC(=O)O)NC(=O)c2ccn3c(NC(C)(C)C)c(-c4ccc5c(c4)OCO5)nc3c2)cc1. The molecule has 1 aliphatic heterocycles. The molecular weight excluding hydrogens is 484 g/mol. The fourth-order valence-corrected chi connectivity index (χ4v) is 4.37. The zero-order valence-electron chi connectivity index (χ0n) is 21.7. The fourth-order valence-electron chi connectivity index (χ4n) is 4.37. The van der Waals surface area contributed by atoms with E-state index in [1.807, 2.05) is 53.8 Å². The highest BCUT2D eigenvalue weighted by molar-refractivity contribution is 5.96. The molecule has 0 bridgehead atoms. The molecule has 4 aromatic rings. The van der Waals surface area contributed by atoms with Gasteiger partial charge in [-0.2, -0.15) is 0 Å². The maximum absolute atomic E-state index is 13.3. The summed E-state index contributed by atoms with van der Waals surface area (Å²) in [4.78, 5) is 29.6. The number of imidazole rings is 1. The summed E-state index contributed by atoms with van der Waals surface area (Å²) < 4.78 is 12.9. The zero-order valence-corrected chi connectivity index (χ0v) is 21.7. The Labute approximate surface area is 220 Å². The number of ether oxygens (including phenoxy) is 2. The maximum atomic E-state index is 13.3. The summed E-state index contributed by atoms with van der Waals surface area (Å²) in [7, 11) is 0. The highest BCUT2D eigenvalue weighted by Crippen LogP contribution is 2.38. The van der Waals surface area contributed by atoms with E-state index in [9.17, 15) is 14.7 Å². The topological polar surface area (TPSA) is 114 Å². The van der Waals surface area contributed by atoms with Crippen LogP contribution in [0.4, 0.5) is 5.82 Å². The van der Waals surface area contributed by atoms with Crippen molar-refractivity contribution in [1.82, 2.24) is 14.7 Å². The van der Waals surface area contributed by atoms with Crippen LogP contribution in [0.15, 0.2) is 60.8 Å². The summed E-state index contributed by atoms with van der Waals surface area (Å²) in [6.45, 7) is 8.32. The molecule has 9 nitrogen and oxygen atoms in total. The molecule has 1 amide bonds. The van der Waals surface area contributed by atoms with Gasteiger partial charge in [0, 0.05) is 22.9 Å². The van der Waals surface area contributed by atoms with Crippen molar-refractivity contribution < 1.29 is 24.2 Å². The number of aliphatic carboxylic acids is 1. The molecule has 3 N–H and O–H groups in total. The number of amides is 1. The van der Waals surface area contributed by atoms with Crippen LogP contribution in [-0.2, 0) is 4.79 Å². The first-order valence-corrected chi connectivity index (χ1v) is 12.4. The maximum Gasteiger partial charge on any atom is 0.305 e. The number of aryl methyl sites for hydroxylation is 1. The average Bonchev–Trinajstić information content (AvgIpc) is 3.46. The van der Waals surface area contributed by atoms with Gasteiger partial charge in [-0.3, -0.25) is 14.0 Å². The van der Waals surface area contributed by atoms with Gasteiger partial charge in [-0.25, -0.2) is 4.98 Å². The molecule has 0 spiro atoms. The lowest BCUT2D eigenvalue weighted by Gasteiger charge is -2.22. The molecule has 1 aliphatic rings. The number of carboxylic acid groups (broad SMARTS) is 1. The van der Waals surface area contributed by atoms with Crippen molar-refractivity contribution >= 4 is 23.3 Å². The third-order valence-corrected chi connectivity index (χ3v) is 6.19. The van der Waals surface area contributed by atoms with Crippen LogP contribution in [0.5, 0.6) is 11.5 Å². The van der Waals surface area contributed by atoms with E-state index in [1.165, 1.54) is 0 Å². The van der Waals surface area contributed by atoms with Gasteiger partial charge in [0.25, 0.3) is 5.91 Å². The van der Waals surface area contributed by atoms with Crippen molar-refractivity contribution in [2.45, 2.75) is 45.7 Å². The number of rotatable bonds is 7. The number of benzene rings is 2. The van der Waals surface area contributed by atoms with E-state index < -0.39 is 12.0 Å². The summed E-state index contributed by atoms with van der Waals surface area (Å²) in [5, 5.41) is 15.8. The lowest BCUT2D eigenvalue weighted by molar-refractivity contribution is -0.137. The van der Waals surface area contributed by atoms with E-state index in [-0.39, 0.29) is 24.7 Å². The monoisotopic (exact) mass is 514 g/mol. The van der Waals surface area contributed by atoms with Gasteiger partial charge in [0.1, 0.15) is 17.2 Å². The minimum atomic E-state index is -0.995. The Hall–Kier alpha value is -4.53. The number of carbonyl (C=O) groups excluding carboxylic acids is 1. The number of hydrogen-bond acceptors (Lipinski definition) is 6. The molecule has 2 aromatic heterocycles. The highest BCUT2D eigenvalue weighted by atomic mass is 16.7. The Morgan fingerprint density at radius 2 is 1.79 bits per heavy atom. The number of anilines is 1. The van der Waals surface area contributed by atoms with E-state index in [1.54, 1.807) is 18.3 Å². The molecule has 3 heterocycles. The van der Waals surface area contributed by atoms with Crippen molar-refractivity contribution in [2.75, 3.05) is 12.1 Å². The van der Waals surface area contributed by atoms with Gasteiger partial charge in [0.05, 0.1) is 12.5 Å². The van der Waals surface area contributed by atoms with Gasteiger partial charge in [-0.1, -0.05) is 29.8 Å². The van der Waals surface area contributed by atoms with Gasteiger partial charge in [-0.05, 0) is 63.6 Å². The first kappa shape index (κ1) is 25.1. The van der Waals surface area contributed by atoms with Crippen molar-refractivity contribution in [2.24, 2.45) is 0 Å². The Morgan fingerprint density at radius 3 is 2.50 bits per heavy atom. The predicted molar refractivity (Wildman–Crippen MR) is 144 cm³/mol. The van der Waals surface area contributed by atoms with Crippen molar-refractivity contribution in [3.05, 3.63) is 77.5 Å². The summed E-state index contributed by atoms with van der Waals surface area (Å²) in [6.07, 6.45) is 1.56. The van der Waals surface area contributed by atoms with Gasteiger partial charge in [0.15, 0.2) is 11.5 Å². The van der Waals surface area contributed by atoms with Crippen LogP contribution in [0.1, 0.15) is 54.7 Å². The van der Waals surface area contributed by atoms with Gasteiger partial charge in [-0.15, -0.1) is 0 Å². The molecule has 9 heteroatoms. The molecular formula is C29H30N4O5. The van der Waals surface area contributed by atoms with E-state index in [0.29, 0.717) is 28.4 Å². The van der Waals surface area contributed by atoms with Gasteiger partial charge >= 0.3 is 5.97 Å². The summed E-state index contributed by atoms with van der Waals surface area (Å²) in [5.41, 5.74) is 4.03. The fraction of sp³-hybridized carbons (Fsp3) is 0.276. The normalized spacial score (nSPS) is 13.4. The van der Waals surface area contributed by atoms with Crippen molar-refractivity contribution in [3.63, 3.8) is 0 Å². The van der Waals surface area contributed by atoms with Crippen LogP contribution in [0.2, 0.25) is 0 Å². The second-order valence-corrected chi connectivity index (χ2v) is 10.4. The molecule has 196 valence electrons. The lowest BCUT2D eigenvalue weighted by Crippen LogP contribution is -2.30. The Bertz CT molecular complexity index is 1520. The number of hydrogen-bond donors (Lipinski definition) is 3. The first-order chi connectivity index (χ1) is 18.1. The number of nitrogens with zero attached hydrogens (tertiary/aromatic N) is 2. The third-order valence-electron chi connectivity index (χ3n) is 6.19. The summed E-state index contributed by atoms with van der Waals surface area (Å²) in [5.74, 6) is 0.748. The number of fused-ring (bicyclic) bond motifs is 2. The van der Waals surface area contributed by atoms with Crippen molar-refractivity contribution in [1.29, 1.82) is 0 Å². The quantitative estimate of drug-likeness (QED) is 0.311. The predicted octanol–water partition coefficient (Wildman–Crippen LogP) is 5.19. The van der Waals surface area contributed by atoms with Crippen LogP contribution >= 0.6 is 0 Å². The number of pyridine rings is 1. The second kappa shape index (κ2) is 9.74. The van der Waals surface area contributed by atoms with E-state index in [2.05, 4.69) is 31.4 Å². The molecule has 1 atom stereocenters. The molecule has 2 aromatic carbocycles. The number of carboxylic acids is 1.